The van der Waals surface area contributed by atoms with Crippen LogP contribution in [0.2, 0.25) is 0 Å². The number of hydrogen-bond acceptors (Lipinski definition) is 3. The maximum absolute atomic E-state index is 9.40. The van der Waals surface area contributed by atoms with Gasteiger partial charge in [0, 0.05) is 0 Å². The molecule has 0 unspecified atom stereocenters. The third kappa shape index (κ3) is 2.14. The second kappa shape index (κ2) is 3.59. The van der Waals surface area contributed by atoms with Gasteiger partial charge in [-0.3, -0.25) is 0 Å². The zero-order valence-electron chi connectivity index (χ0n) is 3.10. The van der Waals surface area contributed by atoms with Gasteiger partial charge in [-0.25, -0.2) is 0 Å². The summed E-state index contributed by atoms with van der Waals surface area (Å²) in [6.07, 6.45) is 0. The molecule has 0 amide bonds. The zero-order chi connectivity index (χ0) is 5.70. The fourth-order valence-corrected chi connectivity index (χ4v) is 0.387. The van der Waals surface area contributed by atoms with Crippen molar-refractivity contribution in [2.75, 3.05) is 0 Å². The van der Waals surface area contributed by atoms with Crippen molar-refractivity contribution in [2.24, 2.45) is 0 Å². The summed E-state index contributed by atoms with van der Waals surface area (Å²) in [6.45, 7) is 0. The summed E-state index contributed by atoms with van der Waals surface area (Å²) in [5.74, 6) is 0. The van der Waals surface area contributed by atoms with Crippen molar-refractivity contribution < 1.29 is 29.8 Å². The van der Waals surface area contributed by atoms with E-state index in [-0.39, 0.29) is 0 Å². The molecule has 0 N–H and O–H groups in total. The first-order valence-electron chi connectivity index (χ1n) is 1.18. The molecule has 3 nitrogen and oxygen atoms in total. The molecule has 0 saturated carbocycles. The van der Waals surface area contributed by atoms with Crippen LogP contribution in [-0.2, 0) is 29.8 Å². The molecule has 7 heavy (non-hydrogen) atoms. The van der Waals surface area contributed by atoms with E-state index >= 15 is 0 Å². The summed E-state index contributed by atoms with van der Waals surface area (Å²) in [7, 11) is 0. The average molecular weight is 270 g/mol. The van der Waals surface area contributed by atoms with E-state index in [1.54, 1.807) is 0 Å². The normalized spacial score (nSPS) is 5.14. The van der Waals surface area contributed by atoms with Crippen molar-refractivity contribution in [1.82, 2.24) is 0 Å². The number of carbonyl (C=O) groups excluding carboxylic acids is 3. The van der Waals surface area contributed by atoms with Crippen molar-refractivity contribution >= 4 is 13.1 Å². The van der Waals surface area contributed by atoms with Gasteiger partial charge in [0.25, 0.3) is 0 Å². The van der Waals surface area contributed by atoms with E-state index in [0.717, 1.165) is 0 Å². The van der Waals surface area contributed by atoms with Gasteiger partial charge in [0.15, 0.2) is 0 Å². The van der Waals surface area contributed by atoms with Gasteiger partial charge in [0.1, 0.15) is 0 Å². The molecule has 36 valence electrons. The van der Waals surface area contributed by atoms with Crippen LogP contribution in [0.25, 0.3) is 0 Å². The Balaban J connectivity index is 5.98. The van der Waals surface area contributed by atoms with Crippen molar-refractivity contribution in [1.29, 1.82) is 0 Å². The van der Waals surface area contributed by atoms with Gasteiger partial charge in [0.2, 0.25) is 0 Å². The van der Waals surface area contributed by atoms with Gasteiger partial charge in [-0.1, -0.05) is 0 Å². The van der Waals surface area contributed by atoms with Crippen LogP contribution >= 0.6 is 0 Å². The maximum atomic E-state index is 9.40. The molecular formula is C3O3Re+. The summed E-state index contributed by atoms with van der Waals surface area (Å²) in [5, 5.41) is 0. The molecule has 0 aromatic rings. The summed E-state index contributed by atoms with van der Waals surface area (Å²) >= 11 is -2.97. The number of rotatable bonds is 0. The molecule has 0 aromatic heterocycles. The third-order valence-corrected chi connectivity index (χ3v) is 1.89. The summed E-state index contributed by atoms with van der Waals surface area (Å²) in [6, 6.07) is 0. The molecule has 0 aliphatic heterocycles. The Bertz CT molecular complexity index is 209. The van der Waals surface area contributed by atoms with Gasteiger partial charge in [0.05, 0.1) is 0 Å². The predicted octanol–water partition coefficient (Wildman–Crippen LogP) is -1.19. The van der Waals surface area contributed by atoms with Gasteiger partial charge in [-0.05, 0) is 0 Å². The molecule has 0 rings (SSSR count). The Morgan fingerprint density at radius 2 is 1.14 bits per heavy atom. The van der Waals surface area contributed by atoms with Crippen LogP contribution in [0.1, 0.15) is 0 Å². The Kier molecular flexibility index (Phi) is 3.28. The monoisotopic (exact) mass is 271 g/mol. The fourth-order valence-electron chi connectivity index (χ4n) is 0.0472. The summed E-state index contributed by atoms with van der Waals surface area (Å²) < 4.78 is 3.87. The van der Waals surface area contributed by atoms with E-state index in [4.69, 9.17) is 0 Å². The predicted molar refractivity (Wildman–Crippen MR) is 17.1 cm³/mol. The Labute approximate surface area is 43.4 Å². The molecule has 0 aliphatic rings. The van der Waals surface area contributed by atoms with Crippen LogP contribution in [0.15, 0.2) is 0 Å². The van der Waals surface area contributed by atoms with E-state index in [9.17, 15) is 14.4 Å². The van der Waals surface area contributed by atoms with E-state index in [2.05, 4.69) is 0 Å². The van der Waals surface area contributed by atoms with E-state index in [0.29, 0.717) is 0 Å². The molecule has 0 spiro atoms. The second-order valence-corrected chi connectivity index (χ2v) is 4.21. The van der Waals surface area contributed by atoms with Gasteiger partial charge < -0.3 is 0 Å². The summed E-state index contributed by atoms with van der Waals surface area (Å²) in [5.41, 5.74) is 0. The van der Waals surface area contributed by atoms with Crippen molar-refractivity contribution in [3.8, 4) is 0 Å². The SMILES string of the molecule is O=[C]=[Re+](=[C]=O)=[C]=O. The van der Waals surface area contributed by atoms with Crippen molar-refractivity contribution in [3.05, 3.63) is 0 Å². The van der Waals surface area contributed by atoms with Crippen LogP contribution in [0.5, 0.6) is 0 Å². The second-order valence-electron chi connectivity index (χ2n) is 0.515. The Morgan fingerprint density at radius 3 is 1.14 bits per heavy atom. The first kappa shape index (κ1) is 6.40. The van der Waals surface area contributed by atoms with Gasteiger partial charge >= 0.3 is 42.8 Å². The Morgan fingerprint density at radius 1 is 0.857 bits per heavy atom. The van der Waals surface area contributed by atoms with Crippen LogP contribution in [-0.4, -0.2) is 13.1 Å². The molecule has 0 heterocycles. The minimum atomic E-state index is -2.97. The van der Waals surface area contributed by atoms with Crippen LogP contribution in [0.4, 0.5) is 0 Å². The molecule has 0 saturated heterocycles. The minimum absolute atomic E-state index is 1.29. The zero-order valence-corrected chi connectivity index (χ0v) is 5.82. The third-order valence-electron chi connectivity index (χ3n) is 0.231. The average Bonchev–Trinajstić information content (AvgIpc) is 1.72. The van der Waals surface area contributed by atoms with Crippen LogP contribution in [0, 0.1) is 0 Å². The molecule has 0 radical (unpaired) electrons. The Hall–Kier alpha value is -0.598. The van der Waals surface area contributed by atoms with Gasteiger partial charge in [-0.2, -0.15) is 0 Å². The fraction of sp³-hybridized carbons (Fsp3) is 0. The van der Waals surface area contributed by atoms with E-state index in [1.807, 2.05) is 0 Å². The number of hydrogen-bond donors (Lipinski definition) is 0. The molecule has 0 aromatic carbocycles. The quantitative estimate of drug-likeness (QED) is 0.556. The van der Waals surface area contributed by atoms with E-state index < -0.39 is 15.4 Å². The molecule has 0 fully saturated rings. The van der Waals surface area contributed by atoms with Crippen molar-refractivity contribution in [2.45, 2.75) is 0 Å². The molecule has 4 heteroatoms. The summed E-state index contributed by atoms with van der Waals surface area (Å²) in [4.78, 5) is 28.2. The molecule has 0 aliphatic carbocycles. The van der Waals surface area contributed by atoms with Crippen LogP contribution in [0.3, 0.4) is 0 Å². The van der Waals surface area contributed by atoms with E-state index in [1.165, 1.54) is 13.1 Å². The first-order valence-corrected chi connectivity index (χ1v) is 5.25. The first-order chi connectivity index (χ1) is 3.35. The molecule has 0 atom stereocenters. The van der Waals surface area contributed by atoms with Crippen LogP contribution < -0.4 is 0 Å². The molecular weight excluding hydrogens is 270 g/mol. The topological polar surface area (TPSA) is 51.2 Å². The van der Waals surface area contributed by atoms with Gasteiger partial charge in [-0.15, -0.1) is 0 Å². The van der Waals surface area contributed by atoms with Crippen molar-refractivity contribution in [3.63, 3.8) is 0 Å². The molecule has 0 bridgehead atoms. The standard InChI is InChI=1S/3CO.Re/c3*1-2;/q;;;+1.